The average molecular weight is 420 g/mol. The Morgan fingerprint density at radius 1 is 1.16 bits per heavy atom. The van der Waals surface area contributed by atoms with E-state index in [0.29, 0.717) is 23.6 Å². The van der Waals surface area contributed by atoms with Crippen LogP contribution in [0.2, 0.25) is 0 Å². The minimum absolute atomic E-state index is 0.0258. The number of aryl methyl sites for hydroxylation is 2. The number of amides is 1. The first kappa shape index (κ1) is 20.0. The number of likely N-dealkylation sites (tertiary alicyclic amines) is 1. The molecule has 1 unspecified atom stereocenters. The Hall–Kier alpha value is -2.96. The summed E-state index contributed by atoms with van der Waals surface area (Å²) in [6, 6.07) is 10.4. The minimum atomic E-state index is 0.0258. The third-order valence-electron chi connectivity index (χ3n) is 7.18. The Balaban J connectivity index is 1.47. The van der Waals surface area contributed by atoms with Crippen molar-refractivity contribution in [2.24, 2.45) is 5.41 Å². The van der Waals surface area contributed by atoms with Gasteiger partial charge >= 0.3 is 0 Å². The van der Waals surface area contributed by atoms with Crippen molar-refractivity contribution in [2.75, 3.05) is 13.1 Å². The zero-order valence-corrected chi connectivity index (χ0v) is 18.3. The number of rotatable bonds is 4. The highest BCUT2D eigenvalue weighted by Gasteiger charge is 2.51. The first-order valence-corrected chi connectivity index (χ1v) is 11.2. The molecule has 1 saturated heterocycles. The van der Waals surface area contributed by atoms with Gasteiger partial charge in [-0.1, -0.05) is 54.8 Å². The summed E-state index contributed by atoms with van der Waals surface area (Å²) in [6.45, 7) is 5.82. The lowest BCUT2D eigenvalue weighted by atomic mass is 9.67. The van der Waals surface area contributed by atoms with Gasteiger partial charge in [-0.05, 0) is 37.7 Å². The molecule has 1 aliphatic heterocycles. The Bertz CT molecular complexity index is 1050. The van der Waals surface area contributed by atoms with Gasteiger partial charge in [0.25, 0.3) is 5.91 Å². The Kier molecular flexibility index (Phi) is 5.12. The second-order valence-corrected chi connectivity index (χ2v) is 9.16. The second-order valence-electron chi connectivity index (χ2n) is 9.16. The highest BCUT2D eigenvalue weighted by atomic mass is 16.5. The topological polar surface area (TPSA) is 77.1 Å². The molecule has 162 valence electrons. The van der Waals surface area contributed by atoms with E-state index in [1.165, 1.54) is 24.8 Å². The van der Waals surface area contributed by atoms with Crippen LogP contribution in [0.1, 0.15) is 71.2 Å². The van der Waals surface area contributed by atoms with Gasteiger partial charge in [0.05, 0.1) is 12.2 Å². The lowest BCUT2D eigenvalue weighted by Gasteiger charge is -2.37. The van der Waals surface area contributed by atoms with E-state index in [0.717, 1.165) is 31.8 Å². The second kappa shape index (κ2) is 7.94. The fourth-order valence-corrected chi connectivity index (χ4v) is 5.62. The lowest BCUT2D eigenvalue weighted by molar-refractivity contribution is 0.0756. The van der Waals surface area contributed by atoms with Crippen LogP contribution < -0.4 is 0 Å². The van der Waals surface area contributed by atoms with E-state index in [9.17, 15) is 4.79 Å². The molecule has 3 heterocycles. The largest absolute Gasteiger partial charge is 0.361 e. The van der Waals surface area contributed by atoms with Crippen molar-refractivity contribution < 1.29 is 9.32 Å². The predicted molar refractivity (Wildman–Crippen MR) is 116 cm³/mol. The van der Waals surface area contributed by atoms with Crippen LogP contribution in [0.15, 0.2) is 41.2 Å². The number of hydrogen-bond donors (Lipinski definition) is 0. The smallest absolute Gasteiger partial charge is 0.259 e. The first-order valence-electron chi connectivity index (χ1n) is 11.2. The molecule has 0 radical (unpaired) electrons. The van der Waals surface area contributed by atoms with E-state index in [1.54, 1.807) is 0 Å². The minimum Gasteiger partial charge on any atom is -0.361 e. The van der Waals surface area contributed by atoms with Crippen LogP contribution in [0.3, 0.4) is 0 Å². The van der Waals surface area contributed by atoms with Gasteiger partial charge in [0, 0.05) is 19.0 Å². The zero-order valence-electron chi connectivity index (χ0n) is 18.3. The predicted octanol–water partition coefficient (Wildman–Crippen LogP) is 4.12. The third-order valence-corrected chi connectivity index (χ3v) is 7.18. The van der Waals surface area contributed by atoms with E-state index in [-0.39, 0.29) is 17.2 Å². The average Bonchev–Trinajstić information content (AvgIpc) is 3.47. The molecule has 0 bridgehead atoms. The maximum Gasteiger partial charge on any atom is 0.259 e. The summed E-state index contributed by atoms with van der Waals surface area (Å²) in [5.74, 6) is 1.80. The molecule has 2 fully saturated rings. The fourth-order valence-electron chi connectivity index (χ4n) is 5.62. The molecule has 1 saturated carbocycles. The van der Waals surface area contributed by atoms with Crippen molar-refractivity contribution in [3.8, 4) is 0 Å². The first-order chi connectivity index (χ1) is 15.1. The maximum absolute atomic E-state index is 13.4. The molecule has 0 N–H and O–H groups in total. The molecule has 1 spiro atoms. The molecule has 1 atom stereocenters. The Labute approximate surface area is 182 Å². The highest BCUT2D eigenvalue weighted by molar-refractivity contribution is 5.96. The summed E-state index contributed by atoms with van der Waals surface area (Å²) in [7, 11) is 0. The SMILES string of the molecule is Cc1noc(C)c1C(=O)N1CC(c2nncn2Cc2ccccc2)C2(CCCCC2)C1. The summed E-state index contributed by atoms with van der Waals surface area (Å²) >= 11 is 0. The Morgan fingerprint density at radius 2 is 1.94 bits per heavy atom. The third kappa shape index (κ3) is 3.56. The molecule has 2 aliphatic rings. The summed E-state index contributed by atoms with van der Waals surface area (Å²) in [5.41, 5.74) is 2.56. The molecule has 7 heteroatoms. The normalized spacial score (nSPS) is 20.5. The zero-order chi connectivity index (χ0) is 21.4. The van der Waals surface area contributed by atoms with Crippen molar-refractivity contribution in [3.05, 3.63) is 65.1 Å². The number of carbonyl (C=O) groups is 1. The molecule has 1 aromatic carbocycles. The molecule has 1 amide bonds. The molecule has 31 heavy (non-hydrogen) atoms. The number of carbonyl (C=O) groups excluding carboxylic acids is 1. The van der Waals surface area contributed by atoms with Gasteiger partial charge in [-0.15, -0.1) is 10.2 Å². The van der Waals surface area contributed by atoms with Crippen molar-refractivity contribution in [3.63, 3.8) is 0 Å². The van der Waals surface area contributed by atoms with Crippen LogP contribution in [0.25, 0.3) is 0 Å². The molecule has 1 aliphatic carbocycles. The van der Waals surface area contributed by atoms with Crippen molar-refractivity contribution in [2.45, 2.75) is 58.4 Å². The van der Waals surface area contributed by atoms with Gasteiger partial charge in [-0.25, -0.2) is 0 Å². The van der Waals surface area contributed by atoms with Gasteiger partial charge in [0.15, 0.2) is 0 Å². The number of benzene rings is 1. The highest BCUT2D eigenvalue weighted by Crippen LogP contribution is 2.52. The number of aromatic nitrogens is 4. The monoisotopic (exact) mass is 419 g/mol. The molecular weight excluding hydrogens is 390 g/mol. The number of hydrogen-bond acceptors (Lipinski definition) is 5. The van der Waals surface area contributed by atoms with E-state index in [4.69, 9.17) is 4.52 Å². The molecule has 3 aromatic rings. The standard InChI is InChI=1S/C24H29N5O2/c1-17-21(18(2)31-27-17)23(30)28-14-20(24(15-28)11-7-4-8-12-24)22-26-25-16-29(22)13-19-9-5-3-6-10-19/h3,5-6,9-10,16,20H,4,7-8,11-15H2,1-2H3. The van der Waals surface area contributed by atoms with Crippen molar-refractivity contribution in [1.29, 1.82) is 0 Å². The van der Waals surface area contributed by atoms with Crippen molar-refractivity contribution in [1.82, 2.24) is 24.8 Å². The fraction of sp³-hybridized carbons (Fsp3) is 0.500. The lowest BCUT2D eigenvalue weighted by Crippen LogP contribution is -2.35. The van der Waals surface area contributed by atoms with Crippen LogP contribution in [0, 0.1) is 19.3 Å². The summed E-state index contributed by atoms with van der Waals surface area (Å²) < 4.78 is 7.44. The van der Waals surface area contributed by atoms with Gasteiger partial charge in [0.1, 0.15) is 23.5 Å². The summed E-state index contributed by atoms with van der Waals surface area (Å²) in [5, 5.41) is 12.8. The van der Waals surface area contributed by atoms with Gasteiger partial charge in [-0.2, -0.15) is 0 Å². The molecule has 7 nitrogen and oxygen atoms in total. The summed E-state index contributed by atoms with van der Waals surface area (Å²) in [6.07, 6.45) is 7.76. The van der Waals surface area contributed by atoms with E-state index >= 15 is 0 Å². The maximum atomic E-state index is 13.4. The number of nitrogens with zero attached hydrogens (tertiary/aromatic N) is 5. The van der Waals surface area contributed by atoms with E-state index < -0.39 is 0 Å². The molecular formula is C24H29N5O2. The quantitative estimate of drug-likeness (QED) is 0.636. The van der Waals surface area contributed by atoms with Crippen LogP contribution in [0.4, 0.5) is 0 Å². The van der Waals surface area contributed by atoms with Gasteiger partial charge < -0.3 is 14.0 Å². The Morgan fingerprint density at radius 3 is 2.65 bits per heavy atom. The van der Waals surface area contributed by atoms with Gasteiger partial charge in [-0.3, -0.25) is 4.79 Å². The van der Waals surface area contributed by atoms with Crippen LogP contribution in [0.5, 0.6) is 0 Å². The van der Waals surface area contributed by atoms with E-state index in [1.807, 2.05) is 31.1 Å². The van der Waals surface area contributed by atoms with E-state index in [2.05, 4.69) is 44.2 Å². The van der Waals surface area contributed by atoms with Gasteiger partial charge in [0.2, 0.25) is 0 Å². The van der Waals surface area contributed by atoms with Crippen LogP contribution in [-0.4, -0.2) is 43.8 Å². The van der Waals surface area contributed by atoms with Crippen molar-refractivity contribution >= 4 is 5.91 Å². The van der Waals surface area contributed by atoms with Crippen LogP contribution >= 0.6 is 0 Å². The summed E-state index contributed by atoms with van der Waals surface area (Å²) in [4.78, 5) is 15.5. The molecule has 2 aromatic heterocycles. The molecule has 5 rings (SSSR count). The van der Waals surface area contributed by atoms with Crippen LogP contribution in [-0.2, 0) is 6.54 Å².